The highest BCUT2D eigenvalue weighted by Crippen LogP contribution is 2.30. The van der Waals surface area contributed by atoms with Gasteiger partial charge in [0, 0.05) is 20.1 Å². The molecule has 2 aliphatic rings. The molecule has 0 radical (unpaired) electrons. The highest BCUT2D eigenvalue weighted by Gasteiger charge is 2.50. The number of nitrogens with one attached hydrogen (secondary N) is 1. The van der Waals surface area contributed by atoms with Gasteiger partial charge in [-0.05, 0) is 40.5 Å². The lowest BCUT2D eigenvalue weighted by atomic mass is 10.00. The number of rotatable bonds is 7. The molecule has 0 bridgehead atoms. The second kappa shape index (κ2) is 11.3. The predicted octanol–water partition coefficient (Wildman–Crippen LogP) is 3.59. The van der Waals surface area contributed by atoms with Crippen LogP contribution in [0.5, 0.6) is 5.75 Å². The summed E-state index contributed by atoms with van der Waals surface area (Å²) in [4.78, 5) is 44.0. The van der Waals surface area contributed by atoms with Crippen LogP contribution in [0, 0.1) is 0 Å². The lowest BCUT2D eigenvalue weighted by Crippen LogP contribution is -2.75. The molecule has 2 aliphatic heterocycles. The van der Waals surface area contributed by atoms with Crippen molar-refractivity contribution >= 4 is 28.6 Å². The van der Waals surface area contributed by atoms with E-state index in [-0.39, 0.29) is 30.9 Å². The molecule has 2 heterocycles. The molecule has 2 atom stereocenters. The summed E-state index contributed by atoms with van der Waals surface area (Å²) in [5.41, 5.74) is 1.97. The van der Waals surface area contributed by atoms with Crippen LogP contribution in [0.2, 0.25) is 0 Å². The van der Waals surface area contributed by atoms with Gasteiger partial charge in [-0.1, -0.05) is 67.9 Å². The lowest BCUT2D eigenvalue weighted by Gasteiger charge is -2.54. The maximum atomic E-state index is 13.8. The molecule has 9 heteroatoms. The zero-order valence-corrected chi connectivity index (χ0v) is 22.7. The number of benzene rings is 3. The maximum Gasteiger partial charge on any atom is 0.334 e. The Balaban J connectivity index is 1.41. The number of carbonyl (C=O) groups excluding carboxylic acids is 3. The molecule has 39 heavy (non-hydrogen) atoms. The number of methoxy groups -OCH3 is 1. The number of urea groups is 1. The number of fused-ring (bicyclic) bond motifs is 2. The van der Waals surface area contributed by atoms with E-state index in [0.717, 1.165) is 34.1 Å². The summed E-state index contributed by atoms with van der Waals surface area (Å²) in [5, 5.41) is 8.44. The Bertz CT molecular complexity index is 1360. The van der Waals surface area contributed by atoms with E-state index in [4.69, 9.17) is 4.74 Å². The van der Waals surface area contributed by atoms with Crippen molar-refractivity contribution in [3.63, 3.8) is 0 Å². The average Bonchev–Trinajstić information content (AvgIpc) is 2.94. The third-order valence-corrected chi connectivity index (χ3v) is 7.55. The fourth-order valence-corrected chi connectivity index (χ4v) is 5.64. The Morgan fingerprint density at radius 1 is 1.03 bits per heavy atom. The van der Waals surface area contributed by atoms with Gasteiger partial charge in [-0.2, -0.15) is 0 Å². The number of hydrogen-bond acceptors (Lipinski definition) is 5. The molecule has 2 saturated heterocycles. The largest absolute Gasteiger partial charge is 0.497 e. The molecule has 2 fully saturated rings. The van der Waals surface area contributed by atoms with Crippen LogP contribution >= 0.6 is 0 Å². The van der Waals surface area contributed by atoms with E-state index >= 15 is 0 Å². The van der Waals surface area contributed by atoms with Crippen molar-refractivity contribution in [2.24, 2.45) is 0 Å². The average molecular weight is 530 g/mol. The molecule has 1 N–H and O–H groups in total. The number of piperazine rings is 1. The summed E-state index contributed by atoms with van der Waals surface area (Å²) in [6, 6.07) is 20.8. The molecule has 0 aromatic heterocycles. The Morgan fingerprint density at radius 3 is 2.51 bits per heavy atom. The van der Waals surface area contributed by atoms with Crippen LogP contribution in [-0.2, 0) is 22.7 Å². The lowest BCUT2D eigenvalue weighted by molar-refractivity contribution is -0.188. The van der Waals surface area contributed by atoms with Gasteiger partial charge in [0.05, 0.1) is 20.2 Å². The molecule has 4 amide bonds. The van der Waals surface area contributed by atoms with Crippen LogP contribution in [0.3, 0.4) is 0 Å². The fourth-order valence-electron chi connectivity index (χ4n) is 5.64. The SMILES string of the molecule is CCC[C@H]1C(=O)N(Cc2cccc3ccccc23)C[C@H]2N1C(=O)CN(C)N2C(=O)NCc1ccc(OC)cc1. The van der Waals surface area contributed by atoms with E-state index in [0.29, 0.717) is 19.5 Å². The first-order valence-electron chi connectivity index (χ1n) is 13.4. The molecule has 0 aliphatic carbocycles. The summed E-state index contributed by atoms with van der Waals surface area (Å²) < 4.78 is 5.22. The number of nitrogens with zero attached hydrogens (tertiary/aromatic N) is 4. The molecule has 204 valence electrons. The fraction of sp³-hybridized carbons (Fsp3) is 0.367. The van der Waals surface area contributed by atoms with Gasteiger partial charge in [-0.15, -0.1) is 0 Å². The number of amides is 4. The number of hydrogen-bond donors (Lipinski definition) is 1. The Kier molecular flexibility index (Phi) is 7.70. The van der Waals surface area contributed by atoms with Gasteiger partial charge in [0.2, 0.25) is 11.8 Å². The van der Waals surface area contributed by atoms with Crippen molar-refractivity contribution in [3.05, 3.63) is 77.9 Å². The van der Waals surface area contributed by atoms with Gasteiger partial charge in [0.25, 0.3) is 0 Å². The number of ether oxygens (including phenoxy) is 1. The standard InChI is InChI=1S/C30H35N5O4/c1-4-8-26-29(37)33(18-23-11-7-10-22-9-5-6-12-25(22)23)19-27-34(26)28(36)20-32(2)35(27)30(38)31-17-21-13-15-24(39-3)16-14-21/h5-7,9-16,26-27H,4,8,17-20H2,1-3H3,(H,31,38)/t26-,27-/m0/s1. The highest BCUT2D eigenvalue weighted by molar-refractivity contribution is 5.92. The van der Waals surface area contributed by atoms with Crippen molar-refractivity contribution in [2.45, 2.75) is 45.1 Å². The van der Waals surface area contributed by atoms with E-state index in [1.165, 1.54) is 0 Å². The van der Waals surface area contributed by atoms with Crippen LogP contribution in [0.25, 0.3) is 10.8 Å². The van der Waals surface area contributed by atoms with Crippen LogP contribution in [0.15, 0.2) is 66.7 Å². The van der Waals surface area contributed by atoms with Gasteiger partial charge >= 0.3 is 6.03 Å². The minimum Gasteiger partial charge on any atom is -0.497 e. The summed E-state index contributed by atoms with van der Waals surface area (Å²) in [6.45, 7) is 3.00. The normalized spacial score (nSPS) is 19.8. The zero-order valence-electron chi connectivity index (χ0n) is 22.7. The smallest absolute Gasteiger partial charge is 0.334 e. The molecule has 3 aromatic carbocycles. The molecule has 0 saturated carbocycles. The van der Waals surface area contributed by atoms with Crippen molar-refractivity contribution < 1.29 is 19.1 Å². The quantitative estimate of drug-likeness (QED) is 0.506. The maximum absolute atomic E-state index is 13.8. The highest BCUT2D eigenvalue weighted by atomic mass is 16.5. The molecular weight excluding hydrogens is 494 g/mol. The first kappa shape index (κ1) is 26.5. The van der Waals surface area contributed by atoms with Crippen molar-refractivity contribution in [1.82, 2.24) is 25.1 Å². The van der Waals surface area contributed by atoms with E-state index < -0.39 is 12.2 Å². The summed E-state index contributed by atoms with van der Waals surface area (Å²) in [5.74, 6) is 0.533. The monoisotopic (exact) mass is 529 g/mol. The van der Waals surface area contributed by atoms with Crippen LogP contribution in [-0.4, -0.2) is 77.1 Å². The summed E-state index contributed by atoms with van der Waals surface area (Å²) >= 11 is 0. The van der Waals surface area contributed by atoms with Gasteiger partial charge in [-0.25, -0.2) is 14.8 Å². The van der Waals surface area contributed by atoms with Gasteiger partial charge in [0.1, 0.15) is 18.0 Å². The van der Waals surface area contributed by atoms with Crippen molar-refractivity contribution in [2.75, 3.05) is 27.2 Å². The van der Waals surface area contributed by atoms with E-state index in [2.05, 4.69) is 23.5 Å². The molecule has 3 aromatic rings. The zero-order chi connectivity index (χ0) is 27.5. The van der Waals surface area contributed by atoms with Crippen LogP contribution < -0.4 is 10.1 Å². The summed E-state index contributed by atoms with van der Waals surface area (Å²) in [6.07, 6.45) is 0.684. The van der Waals surface area contributed by atoms with Crippen molar-refractivity contribution in [3.8, 4) is 5.75 Å². The molecule has 5 rings (SSSR count). The Morgan fingerprint density at radius 2 is 1.77 bits per heavy atom. The summed E-state index contributed by atoms with van der Waals surface area (Å²) in [7, 11) is 3.35. The molecule has 9 nitrogen and oxygen atoms in total. The Labute approximate surface area is 228 Å². The molecule has 0 unspecified atom stereocenters. The second-order valence-corrected chi connectivity index (χ2v) is 10.1. The molecule has 0 spiro atoms. The minimum atomic E-state index is -0.609. The minimum absolute atomic E-state index is 0.0310. The third-order valence-electron chi connectivity index (χ3n) is 7.55. The first-order valence-corrected chi connectivity index (χ1v) is 13.4. The Hall–Kier alpha value is -4.11. The predicted molar refractivity (Wildman–Crippen MR) is 148 cm³/mol. The second-order valence-electron chi connectivity index (χ2n) is 10.1. The van der Waals surface area contributed by atoms with E-state index in [1.807, 2.05) is 55.5 Å². The van der Waals surface area contributed by atoms with Gasteiger partial charge in [0.15, 0.2) is 0 Å². The number of carbonyl (C=O) groups is 3. The third kappa shape index (κ3) is 5.27. The molecular formula is C30H35N5O4. The van der Waals surface area contributed by atoms with Crippen LogP contribution in [0.1, 0.15) is 30.9 Å². The van der Waals surface area contributed by atoms with Gasteiger partial charge in [-0.3, -0.25) is 9.59 Å². The van der Waals surface area contributed by atoms with Crippen molar-refractivity contribution in [1.29, 1.82) is 0 Å². The number of hydrazine groups is 1. The van der Waals surface area contributed by atoms with E-state index in [9.17, 15) is 14.4 Å². The van der Waals surface area contributed by atoms with Crippen LogP contribution in [0.4, 0.5) is 4.79 Å². The number of likely N-dealkylation sites (N-methyl/N-ethyl adjacent to an activating group) is 1. The van der Waals surface area contributed by atoms with E-state index in [1.54, 1.807) is 34.0 Å². The topological polar surface area (TPSA) is 85.4 Å². The first-order chi connectivity index (χ1) is 18.9. The van der Waals surface area contributed by atoms with Gasteiger partial charge < -0.3 is 19.9 Å².